The zero-order chi connectivity index (χ0) is 16.7. The summed E-state index contributed by atoms with van der Waals surface area (Å²) in [5, 5.41) is 34.2. The Bertz CT molecular complexity index is 1010. The normalized spacial score (nSPS) is 10.8. The van der Waals surface area contributed by atoms with Gasteiger partial charge in [-0.15, -0.1) is 0 Å². The van der Waals surface area contributed by atoms with E-state index < -0.39 is 20.5 Å². The maximum Gasteiger partial charge on any atom is 0.278 e. The molecule has 0 atom stereocenters. The van der Waals surface area contributed by atoms with Crippen molar-refractivity contribution in [3.8, 4) is 0 Å². The molecule has 0 N–H and O–H groups in total. The van der Waals surface area contributed by atoms with Gasteiger partial charge in [-0.25, -0.2) is 0 Å². The maximum absolute atomic E-state index is 11.3. The maximum atomic E-state index is 11.3. The van der Waals surface area contributed by atoms with Gasteiger partial charge in [0.1, 0.15) is 0 Å². The molecule has 114 valence electrons. The highest BCUT2D eigenvalue weighted by atomic mass is 16.6. The van der Waals surface area contributed by atoms with E-state index in [1.54, 1.807) is 6.07 Å². The average Bonchev–Trinajstić information content (AvgIpc) is 2.52. The Balaban J connectivity index is 2.54. The molecule has 0 aliphatic carbocycles. The van der Waals surface area contributed by atoms with Crippen LogP contribution in [-0.2, 0) is 0 Å². The standard InChI is InChI=1S/C14H7N3O6/c18-15(19)8-4-5-10-9-2-1-3-13(16(20)21)12(9)7-14(17(22)23)11(10)6-8/h1-7H. The molecule has 0 aliphatic rings. The minimum atomic E-state index is -0.706. The van der Waals surface area contributed by atoms with Crippen LogP contribution in [0.3, 0.4) is 0 Å². The summed E-state index contributed by atoms with van der Waals surface area (Å²) in [6.07, 6.45) is 0. The smallest absolute Gasteiger partial charge is 0.258 e. The fraction of sp³-hybridized carbons (Fsp3) is 0. The summed E-state index contributed by atoms with van der Waals surface area (Å²) in [7, 11) is 0. The Morgan fingerprint density at radius 3 is 1.83 bits per heavy atom. The van der Waals surface area contributed by atoms with E-state index >= 15 is 0 Å². The number of rotatable bonds is 3. The Labute approximate surface area is 127 Å². The van der Waals surface area contributed by atoms with Crippen LogP contribution in [0.15, 0.2) is 42.5 Å². The Morgan fingerprint density at radius 2 is 1.22 bits per heavy atom. The van der Waals surface area contributed by atoms with Crippen LogP contribution in [0.5, 0.6) is 0 Å². The highest BCUT2D eigenvalue weighted by Gasteiger charge is 2.22. The predicted octanol–water partition coefficient (Wildman–Crippen LogP) is 3.72. The van der Waals surface area contributed by atoms with Crippen LogP contribution >= 0.6 is 0 Å². The third-order valence-corrected chi connectivity index (χ3v) is 3.54. The summed E-state index contributed by atoms with van der Waals surface area (Å²) in [4.78, 5) is 31.3. The van der Waals surface area contributed by atoms with Gasteiger partial charge in [-0.3, -0.25) is 30.3 Å². The zero-order valence-corrected chi connectivity index (χ0v) is 11.3. The second-order valence-corrected chi connectivity index (χ2v) is 4.77. The number of hydrogen-bond donors (Lipinski definition) is 0. The van der Waals surface area contributed by atoms with E-state index in [0.29, 0.717) is 10.8 Å². The lowest BCUT2D eigenvalue weighted by molar-refractivity contribution is -0.386. The number of nitro benzene ring substituents is 3. The zero-order valence-electron chi connectivity index (χ0n) is 11.3. The summed E-state index contributed by atoms with van der Waals surface area (Å²) >= 11 is 0. The van der Waals surface area contributed by atoms with Crippen molar-refractivity contribution in [1.82, 2.24) is 0 Å². The molecule has 0 radical (unpaired) electrons. The van der Waals surface area contributed by atoms with E-state index in [4.69, 9.17) is 0 Å². The number of benzene rings is 3. The van der Waals surface area contributed by atoms with Gasteiger partial charge in [-0.2, -0.15) is 0 Å². The average molecular weight is 313 g/mol. The van der Waals surface area contributed by atoms with Crippen molar-refractivity contribution in [2.45, 2.75) is 0 Å². The molecule has 0 heterocycles. The lowest BCUT2D eigenvalue weighted by Gasteiger charge is -2.06. The van der Waals surface area contributed by atoms with E-state index in [1.165, 1.54) is 24.3 Å². The highest BCUT2D eigenvalue weighted by Crippen LogP contribution is 2.38. The number of nitrogens with zero attached hydrogens (tertiary/aromatic N) is 3. The Kier molecular flexibility index (Phi) is 3.10. The molecule has 9 heteroatoms. The van der Waals surface area contributed by atoms with E-state index in [1.807, 2.05) is 0 Å². The van der Waals surface area contributed by atoms with Crippen LogP contribution in [0.25, 0.3) is 21.5 Å². The van der Waals surface area contributed by atoms with E-state index in [-0.39, 0.29) is 22.1 Å². The predicted molar refractivity (Wildman–Crippen MR) is 81.4 cm³/mol. The molecule has 0 aliphatic heterocycles. The summed E-state index contributed by atoms with van der Waals surface area (Å²) in [6, 6.07) is 9.07. The molecule has 0 fully saturated rings. The van der Waals surface area contributed by atoms with Crippen molar-refractivity contribution in [2.24, 2.45) is 0 Å². The van der Waals surface area contributed by atoms with Crippen molar-refractivity contribution in [3.63, 3.8) is 0 Å². The van der Waals surface area contributed by atoms with Gasteiger partial charge in [0.05, 0.1) is 25.5 Å². The van der Waals surface area contributed by atoms with Crippen molar-refractivity contribution < 1.29 is 14.8 Å². The van der Waals surface area contributed by atoms with Crippen LogP contribution in [0.4, 0.5) is 17.1 Å². The number of hydrogen-bond acceptors (Lipinski definition) is 6. The van der Waals surface area contributed by atoms with Gasteiger partial charge in [0.25, 0.3) is 17.1 Å². The molecular formula is C14H7N3O6. The van der Waals surface area contributed by atoms with E-state index in [0.717, 1.165) is 12.1 Å². The second-order valence-electron chi connectivity index (χ2n) is 4.77. The molecule has 23 heavy (non-hydrogen) atoms. The van der Waals surface area contributed by atoms with Gasteiger partial charge in [-0.1, -0.05) is 12.1 Å². The third-order valence-electron chi connectivity index (χ3n) is 3.54. The first kappa shape index (κ1) is 14.3. The van der Waals surface area contributed by atoms with Gasteiger partial charge < -0.3 is 0 Å². The quantitative estimate of drug-likeness (QED) is 0.411. The molecule has 0 unspecified atom stereocenters. The topological polar surface area (TPSA) is 129 Å². The van der Waals surface area contributed by atoms with Gasteiger partial charge in [0, 0.05) is 24.3 Å². The molecular weight excluding hydrogens is 306 g/mol. The molecule has 0 saturated heterocycles. The molecule has 0 saturated carbocycles. The largest absolute Gasteiger partial charge is 0.278 e. The Hall–Kier alpha value is -3.62. The Morgan fingerprint density at radius 1 is 0.609 bits per heavy atom. The van der Waals surface area contributed by atoms with Gasteiger partial charge in [0.2, 0.25) is 0 Å². The van der Waals surface area contributed by atoms with Crippen molar-refractivity contribution in [3.05, 3.63) is 72.8 Å². The van der Waals surface area contributed by atoms with Gasteiger partial charge in [-0.05, 0) is 16.8 Å². The molecule has 0 amide bonds. The summed E-state index contributed by atoms with van der Waals surface area (Å²) in [6.45, 7) is 0. The van der Waals surface area contributed by atoms with Crippen LogP contribution < -0.4 is 0 Å². The first-order valence-corrected chi connectivity index (χ1v) is 6.33. The minimum absolute atomic E-state index is 0.0668. The second kappa shape index (κ2) is 4.98. The number of non-ortho nitro benzene ring substituents is 3. The van der Waals surface area contributed by atoms with Crippen molar-refractivity contribution in [2.75, 3.05) is 0 Å². The monoisotopic (exact) mass is 313 g/mol. The van der Waals surface area contributed by atoms with E-state index in [9.17, 15) is 30.3 Å². The van der Waals surface area contributed by atoms with E-state index in [2.05, 4.69) is 0 Å². The lowest BCUT2D eigenvalue weighted by Crippen LogP contribution is -1.95. The SMILES string of the molecule is O=[N+]([O-])c1ccc2c(c1)c([N+](=O)[O-])cc1c([N+](=O)[O-])cccc12. The molecule has 3 rings (SSSR count). The fourth-order valence-corrected chi connectivity index (χ4v) is 2.56. The van der Waals surface area contributed by atoms with Crippen LogP contribution in [0.1, 0.15) is 0 Å². The van der Waals surface area contributed by atoms with Crippen molar-refractivity contribution in [1.29, 1.82) is 0 Å². The number of nitro groups is 3. The van der Waals surface area contributed by atoms with Crippen LogP contribution in [-0.4, -0.2) is 14.8 Å². The summed E-state index contributed by atoms with van der Waals surface area (Å²) in [5.74, 6) is 0. The van der Waals surface area contributed by atoms with Crippen LogP contribution in [0.2, 0.25) is 0 Å². The van der Waals surface area contributed by atoms with Gasteiger partial charge in [0.15, 0.2) is 0 Å². The lowest BCUT2D eigenvalue weighted by atomic mass is 9.99. The highest BCUT2D eigenvalue weighted by molar-refractivity contribution is 6.14. The van der Waals surface area contributed by atoms with Crippen molar-refractivity contribution >= 4 is 38.6 Å². The third kappa shape index (κ3) is 2.20. The minimum Gasteiger partial charge on any atom is -0.258 e. The first-order chi connectivity index (χ1) is 10.9. The number of fused-ring (bicyclic) bond motifs is 3. The van der Waals surface area contributed by atoms with Crippen LogP contribution in [0, 0.1) is 30.3 Å². The molecule has 0 bridgehead atoms. The first-order valence-electron chi connectivity index (χ1n) is 6.33. The molecule has 9 nitrogen and oxygen atoms in total. The van der Waals surface area contributed by atoms with Gasteiger partial charge >= 0.3 is 0 Å². The molecule has 3 aromatic carbocycles. The molecule has 0 aromatic heterocycles. The fourth-order valence-electron chi connectivity index (χ4n) is 2.56. The molecule has 0 spiro atoms. The summed E-state index contributed by atoms with van der Waals surface area (Å²) < 4.78 is 0. The summed E-state index contributed by atoms with van der Waals surface area (Å²) in [5.41, 5.74) is -0.957. The molecule has 3 aromatic rings.